The average molecular weight is 487 g/mol. The van der Waals surface area contributed by atoms with Crippen LogP contribution in [0.1, 0.15) is 40.0 Å². The highest BCUT2D eigenvalue weighted by molar-refractivity contribution is 9.11. The van der Waals surface area contributed by atoms with Gasteiger partial charge in [0.15, 0.2) is 0 Å². The van der Waals surface area contributed by atoms with Crippen LogP contribution in [0.15, 0.2) is 93.8 Å². The number of allylic oxidation sites excluding steroid dienone is 1. The zero-order valence-corrected chi connectivity index (χ0v) is 19.4. The molecule has 0 aliphatic heterocycles. The number of hydrogen-bond acceptors (Lipinski definition) is 1. The summed E-state index contributed by atoms with van der Waals surface area (Å²) >= 11 is 3.72. The summed E-state index contributed by atoms with van der Waals surface area (Å²) in [4.78, 5) is 0. The number of hydrogen-bond donors (Lipinski definition) is 0. The number of halogens is 1. The molecule has 0 fully saturated rings. The summed E-state index contributed by atoms with van der Waals surface area (Å²) in [5.74, 6) is 1.10. The molecule has 3 aliphatic carbocycles. The van der Waals surface area contributed by atoms with E-state index in [1.807, 2.05) is 0 Å². The SMILES string of the molecule is BrC1=Cc2c(oc3c4c(ccc23)C2(c3ccccc3-c3ccccc32)c2ccccc2-4)CC1. The fourth-order valence-electron chi connectivity index (χ4n) is 6.60. The van der Waals surface area contributed by atoms with Gasteiger partial charge in [0, 0.05) is 22.9 Å². The first-order chi connectivity index (χ1) is 16.3. The molecule has 0 atom stereocenters. The van der Waals surface area contributed by atoms with Crippen molar-refractivity contribution in [1.82, 2.24) is 0 Å². The Kier molecular flexibility index (Phi) is 3.38. The van der Waals surface area contributed by atoms with Crippen molar-refractivity contribution < 1.29 is 4.42 Å². The summed E-state index contributed by atoms with van der Waals surface area (Å²) in [6.45, 7) is 0. The summed E-state index contributed by atoms with van der Waals surface area (Å²) in [5, 5.41) is 1.21. The van der Waals surface area contributed by atoms with E-state index in [-0.39, 0.29) is 5.41 Å². The predicted octanol–water partition coefficient (Wildman–Crippen LogP) is 8.46. The molecule has 33 heavy (non-hydrogen) atoms. The van der Waals surface area contributed by atoms with Crippen LogP contribution in [0.3, 0.4) is 0 Å². The molecular weight excluding hydrogens is 468 g/mol. The highest BCUT2D eigenvalue weighted by Crippen LogP contribution is 2.63. The van der Waals surface area contributed by atoms with E-state index < -0.39 is 0 Å². The second-order valence-electron chi connectivity index (χ2n) is 9.28. The Balaban J connectivity index is 1.57. The second kappa shape index (κ2) is 6.15. The molecule has 0 saturated carbocycles. The molecule has 1 heterocycles. The molecule has 2 heteroatoms. The molecule has 0 amide bonds. The highest BCUT2D eigenvalue weighted by Gasteiger charge is 2.52. The lowest BCUT2D eigenvalue weighted by Crippen LogP contribution is -2.25. The van der Waals surface area contributed by atoms with Crippen LogP contribution < -0.4 is 0 Å². The van der Waals surface area contributed by atoms with Crippen LogP contribution in [0.5, 0.6) is 0 Å². The van der Waals surface area contributed by atoms with E-state index in [0.717, 1.165) is 24.2 Å². The second-order valence-corrected chi connectivity index (χ2v) is 10.3. The average Bonchev–Trinajstić information content (AvgIpc) is 3.47. The number of aryl methyl sites for hydroxylation is 1. The Morgan fingerprint density at radius 2 is 1.24 bits per heavy atom. The Morgan fingerprint density at radius 1 is 0.636 bits per heavy atom. The minimum absolute atomic E-state index is 0.309. The van der Waals surface area contributed by atoms with Crippen molar-refractivity contribution in [1.29, 1.82) is 0 Å². The molecule has 8 rings (SSSR count). The number of furan rings is 1. The molecular formula is C31H19BrO. The van der Waals surface area contributed by atoms with Gasteiger partial charge in [-0.1, -0.05) is 101 Å². The Labute approximate surface area is 200 Å². The zero-order valence-electron chi connectivity index (χ0n) is 17.9. The molecule has 1 nitrogen and oxygen atoms in total. The molecule has 1 spiro atoms. The van der Waals surface area contributed by atoms with Gasteiger partial charge in [0.25, 0.3) is 0 Å². The first-order valence-corrected chi connectivity index (χ1v) is 12.3. The first-order valence-electron chi connectivity index (χ1n) is 11.5. The lowest BCUT2D eigenvalue weighted by atomic mass is 9.70. The van der Waals surface area contributed by atoms with E-state index in [2.05, 4.69) is 107 Å². The number of benzene rings is 4. The normalized spacial score (nSPS) is 16.2. The van der Waals surface area contributed by atoms with Gasteiger partial charge in [-0.2, -0.15) is 0 Å². The third-order valence-electron chi connectivity index (χ3n) is 7.82. The topological polar surface area (TPSA) is 13.1 Å². The highest BCUT2D eigenvalue weighted by atomic mass is 79.9. The van der Waals surface area contributed by atoms with Crippen LogP contribution in [-0.4, -0.2) is 0 Å². The van der Waals surface area contributed by atoms with E-state index in [1.54, 1.807) is 0 Å². The van der Waals surface area contributed by atoms with Crippen molar-refractivity contribution in [3.8, 4) is 22.3 Å². The Hall–Kier alpha value is -3.36. The van der Waals surface area contributed by atoms with Gasteiger partial charge >= 0.3 is 0 Å². The van der Waals surface area contributed by atoms with Crippen LogP contribution in [0, 0.1) is 0 Å². The van der Waals surface area contributed by atoms with Crippen LogP contribution >= 0.6 is 15.9 Å². The molecule has 156 valence electrons. The van der Waals surface area contributed by atoms with Crippen molar-refractivity contribution in [3.63, 3.8) is 0 Å². The van der Waals surface area contributed by atoms with Crippen LogP contribution in [0.4, 0.5) is 0 Å². The summed E-state index contributed by atoms with van der Waals surface area (Å²) < 4.78 is 7.90. The standard InChI is InChI=1S/C31H19BrO/c32-18-13-16-28-23(17-18)21-14-15-27-29(30(21)33-28)22-9-3-6-12-26(22)31(27)24-10-4-1-7-19(24)20-8-2-5-11-25(20)31/h1-12,14-15,17H,13,16H2. The van der Waals surface area contributed by atoms with Crippen LogP contribution in [0.2, 0.25) is 0 Å². The third-order valence-corrected chi connectivity index (χ3v) is 8.45. The van der Waals surface area contributed by atoms with Crippen LogP contribution in [-0.2, 0) is 11.8 Å². The Morgan fingerprint density at radius 3 is 1.94 bits per heavy atom. The molecule has 0 unspecified atom stereocenters. The minimum atomic E-state index is -0.309. The first kappa shape index (κ1) is 18.1. The van der Waals surface area contributed by atoms with Gasteiger partial charge in [0.2, 0.25) is 0 Å². The van der Waals surface area contributed by atoms with Gasteiger partial charge in [0.1, 0.15) is 11.3 Å². The van der Waals surface area contributed by atoms with Gasteiger partial charge in [0.05, 0.1) is 5.41 Å². The van der Waals surface area contributed by atoms with Gasteiger partial charge in [-0.3, -0.25) is 0 Å². The fourth-order valence-corrected chi connectivity index (χ4v) is 7.03. The van der Waals surface area contributed by atoms with Crippen molar-refractivity contribution in [2.24, 2.45) is 0 Å². The van der Waals surface area contributed by atoms with Gasteiger partial charge in [-0.25, -0.2) is 0 Å². The quantitative estimate of drug-likeness (QED) is 0.209. The fraction of sp³-hybridized carbons (Fsp3) is 0.0968. The summed E-state index contributed by atoms with van der Waals surface area (Å²) in [7, 11) is 0. The lowest BCUT2D eigenvalue weighted by Gasteiger charge is -2.30. The molecule has 0 saturated heterocycles. The maximum Gasteiger partial charge on any atom is 0.143 e. The van der Waals surface area contributed by atoms with Gasteiger partial charge in [-0.05, 0) is 55.9 Å². The van der Waals surface area contributed by atoms with E-state index >= 15 is 0 Å². The number of fused-ring (bicyclic) bond motifs is 14. The van der Waals surface area contributed by atoms with Crippen molar-refractivity contribution in [2.75, 3.05) is 0 Å². The molecule has 1 aromatic heterocycles. The molecule has 0 radical (unpaired) electrons. The lowest BCUT2D eigenvalue weighted by molar-refractivity contribution is 0.546. The third kappa shape index (κ3) is 2.05. The van der Waals surface area contributed by atoms with Gasteiger partial charge in [-0.15, -0.1) is 0 Å². The van der Waals surface area contributed by atoms with Crippen molar-refractivity contribution >= 4 is 33.0 Å². The molecule has 0 N–H and O–H groups in total. The monoisotopic (exact) mass is 486 g/mol. The summed E-state index contributed by atoms with van der Waals surface area (Å²) in [6, 6.07) is 31.4. The predicted molar refractivity (Wildman–Crippen MR) is 138 cm³/mol. The molecule has 0 bridgehead atoms. The van der Waals surface area contributed by atoms with E-state index in [0.29, 0.717) is 0 Å². The molecule has 3 aliphatic rings. The van der Waals surface area contributed by atoms with Gasteiger partial charge < -0.3 is 4.42 Å². The minimum Gasteiger partial charge on any atom is -0.460 e. The van der Waals surface area contributed by atoms with Crippen LogP contribution in [0.25, 0.3) is 39.3 Å². The smallest absolute Gasteiger partial charge is 0.143 e. The van der Waals surface area contributed by atoms with E-state index in [4.69, 9.17) is 4.42 Å². The van der Waals surface area contributed by atoms with E-state index in [1.165, 1.54) is 59.9 Å². The summed E-state index contributed by atoms with van der Waals surface area (Å²) in [6.07, 6.45) is 4.18. The molecule has 5 aromatic rings. The van der Waals surface area contributed by atoms with Crippen molar-refractivity contribution in [2.45, 2.75) is 18.3 Å². The van der Waals surface area contributed by atoms with E-state index in [9.17, 15) is 0 Å². The number of rotatable bonds is 0. The maximum atomic E-state index is 6.65. The largest absolute Gasteiger partial charge is 0.460 e. The Bertz CT molecular complexity index is 1640. The van der Waals surface area contributed by atoms with Crippen molar-refractivity contribution in [3.05, 3.63) is 123 Å². The maximum absolute atomic E-state index is 6.65. The molecule has 4 aromatic carbocycles. The zero-order chi connectivity index (χ0) is 21.7. The summed E-state index contributed by atoms with van der Waals surface area (Å²) in [5.41, 5.74) is 12.6.